The smallest absolute Gasteiger partial charge is 0.387 e. The Morgan fingerprint density at radius 2 is 1.78 bits per heavy atom. The van der Waals surface area contributed by atoms with E-state index in [1.54, 1.807) is 30.3 Å². The zero-order valence-electron chi connectivity index (χ0n) is 11.9. The Morgan fingerprint density at radius 1 is 1.13 bits per heavy atom. The molecule has 1 N–H and O–H groups in total. The van der Waals surface area contributed by atoms with Crippen molar-refractivity contribution in [3.8, 4) is 5.75 Å². The van der Waals surface area contributed by atoms with Crippen LogP contribution in [0.4, 0.5) is 8.78 Å². The Hall–Kier alpha value is -1.85. The van der Waals surface area contributed by atoms with Crippen LogP contribution in [0.2, 0.25) is 10.0 Å². The number of alkyl halides is 2. The maximum atomic E-state index is 12.2. The number of amides is 1. The van der Waals surface area contributed by atoms with E-state index in [0.29, 0.717) is 21.2 Å². The SMILES string of the molecule is O=C(Cc1c(Cl)cccc1Cl)NCc1cccc(OC(F)F)c1. The van der Waals surface area contributed by atoms with Crippen molar-refractivity contribution in [2.45, 2.75) is 19.6 Å². The van der Waals surface area contributed by atoms with Crippen LogP contribution in [0, 0.1) is 0 Å². The van der Waals surface area contributed by atoms with Gasteiger partial charge in [0.1, 0.15) is 5.75 Å². The number of rotatable bonds is 6. The number of carbonyl (C=O) groups excluding carboxylic acids is 1. The average Bonchev–Trinajstić information content (AvgIpc) is 2.49. The Labute approximate surface area is 142 Å². The molecule has 0 aliphatic heterocycles. The Kier molecular flexibility index (Phi) is 6.19. The van der Waals surface area contributed by atoms with Crippen LogP contribution in [-0.2, 0) is 17.8 Å². The summed E-state index contributed by atoms with van der Waals surface area (Å²) >= 11 is 12.0. The van der Waals surface area contributed by atoms with Gasteiger partial charge in [-0.25, -0.2) is 0 Å². The lowest BCUT2D eigenvalue weighted by atomic mass is 10.1. The fraction of sp³-hybridized carbons (Fsp3) is 0.188. The van der Waals surface area contributed by atoms with Crippen molar-refractivity contribution in [2.24, 2.45) is 0 Å². The molecule has 2 aromatic carbocycles. The number of carbonyl (C=O) groups is 1. The molecule has 7 heteroatoms. The molecule has 0 bridgehead atoms. The highest BCUT2D eigenvalue weighted by atomic mass is 35.5. The highest BCUT2D eigenvalue weighted by molar-refractivity contribution is 6.36. The van der Waals surface area contributed by atoms with Crippen LogP contribution < -0.4 is 10.1 Å². The van der Waals surface area contributed by atoms with Crippen LogP contribution in [0.3, 0.4) is 0 Å². The van der Waals surface area contributed by atoms with Crippen LogP contribution in [0.1, 0.15) is 11.1 Å². The fourth-order valence-electron chi connectivity index (χ4n) is 1.96. The summed E-state index contributed by atoms with van der Waals surface area (Å²) in [6.07, 6.45) is 0.0335. The molecule has 0 fully saturated rings. The van der Waals surface area contributed by atoms with Gasteiger partial charge in [0.25, 0.3) is 0 Å². The van der Waals surface area contributed by atoms with E-state index in [9.17, 15) is 13.6 Å². The summed E-state index contributed by atoms with van der Waals surface area (Å²) in [6.45, 7) is -2.70. The first-order valence-corrected chi connectivity index (χ1v) is 7.44. The lowest BCUT2D eigenvalue weighted by molar-refractivity contribution is -0.120. The minimum atomic E-state index is -2.89. The summed E-state index contributed by atoms with van der Waals surface area (Å²) in [5.41, 5.74) is 1.19. The Balaban J connectivity index is 1.94. The normalized spacial score (nSPS) is 10.7. The highest BCUT2D eigenvalue weighted by Gasteiger charge is 2.11. The highest BCUT2D eigenvalue weighted by Crippen LogP contribution is 2.24. The van der Waals surface area contributed by atoms with E-state index in [2.05, 4.69) is 10.1 Å². The van der Waals surface area contributed by atoms with E-state index in [1.165, 1.54) is 12.1 Å². The topological polar surface area (TPSA) is 38.3 Å². The van der Waals surface area contributed by atoms with E-state index >= 15 is 0 Å². The van der Waals surface area contributed by atoms with Gasteiger partial charge < -0.3 is 10.1 Å². The van der Waals surface area contributed by atoms with E-state index in [0.717, 1.165) is 0 Å². The molecule has 0 saturated carbocycles. The predicted octanol–water partition coefficient (Wildman–Crippen LogP) is 4.45. The van der Waals surface area contributed by atoms with Crippen LogP contribution in [0.25, 0.3) is 0 Å². The van der Waals surface area contributed by atoms with E-state index in [4.69, 9.17) is 23.2 Å². The average molecular weight is 360 g/mol. The molecular weight excluding hydrogens is 347 g/mol. The molecule has 3 nitrogen and oxygen atoms in total. The lowest BCUT2D eigenvalue weighted by Crippen LogP contribution is -2.24. The molecule has 0 aliphatic rings. The molecule has 1 amide bonds. The molecule has 0 unspecified atom stereocenters. The van der Waals surface area contributed by atoms with Crippen LogP contribution in [0.5, 0.6) is 5.75 Å². The number of benzene rings is 2. The summed E-state index contributed by atoms with van der Waals surface area (Å²) in [4.78, 5) is 12.0. The first-order chi connectivity index (χ1) is 11.0. The molecule has 0 saturated heterocycles. The molecule has 0 aromatic heterocycles. The van der Waals surface area contributed by atoms with Crippen molar-refractivity contribution >= 4 is 29.1 Å². The number of halogens is 4. The molecular formula is C16H13Cl2F2NO2. The molecule has 0 atom stereocenters. The van der Waals surface area contributed by atoms with Gasteiger partial charge in [-0.1, -0.05) is 41.4 Å². The molecule has 23 heavy (non-hydrogen) atoms. The zero-order valence-corrected chi connectivity index (χ0v) is 13.4. The number of ether oxygens (including phenoxy) is 1. The molecule has 2 aromatic rings. The summed E-state index contributed by atoms with van der Waals surface area (Å²) < 4.78 is 28.6. The maximum absolute atomic E-state index is 12.2. The Bertz CT molecular complexity index is 675. The molecule has 0 aliphatic carbocycles. The monoisotopic (exact) mass is 359 g/mol. The van der Waals surface area contributed by atoms with Gasteiger partial charge in [0, 0.05) is 16.6 Å². The number of hydrogen-bond donors (Lipinski definition) is 1. The second kappa shape index (κ2) is 8.13. The summed E-state index contributed by atoms with van der Waals surface area (Å²) in [5, 5.41) is 3.52. The quantitative estimate of drug-likeness (QED) is 0.827. The van der Waals surface area contributed by atoms with Gasteiger partial charge in [0.05, 0.1) is 6.42 Å². The largest absolute Gasteiger partial charge is 0.435 e. The summed E-state index contributed by atoms with van der Waals surface area (Å²) in [5.74, 6) is -0.235. The van der Waals surface area contributed by atoms with Crippen LogP contribution >= 0.6 is 23.2 Å². The lowest BCUT2D eigenvalue weighted by Gasteiger charge is -2.09. The first-order valence-electron chi connectivity index (χ1n) is 6.69. The van der Waals surface area contributed by atoms with E-state index < -0.39 is 6.61 Å². The van der Waals surface area contributed by atoms with Gasteiger partial charge in [0.15, 0.2) is 0 Å². The standard InChI is InChI=1S/C16H13Cl2F2NO2/c17-13-5-2-6-14(18)12(13)8-15(22)21-9-10-3-1-4-11(7-10)23-16(19)20/h1-7,16H,8-9H2,(H,21,22). The minimum absolute atomic E-state index is 0.0335. The summed E-state index contributed by atoms with van der Waals surface area (Å²) in [6, 6.07) is 11.1. The summed E-state index contributed by atoms with van der Waals surface area (Å²) in [7, 11) is 0. The third-order valence-corrected chi connectivity index (χ3v) is 3.72. The first kappa shape index (κ1) is 17.5. The van der Waals surface area contributed by atoms with Gasteiger partial charge in [0.2, 0.25) is 5.91 Å². The third-order valence-electron chi connectivity index (χ3n) is 3.01. The van der Waals surface area contributed by atoms with Gasteiger partial charge in [-0.05, 0) is 35.4 Å². The minimum Gasteiger partial charge on any atom is -0.435 e. The molecule has 2 rings (SSSR count). The van der Waals surface area contributed by atoms with Crippen molar-refractivity contribution in [3.05, 3.63) is 63.6 Å². The van der Waals surface area contributed by atoms with E-state index in [1.807, 2.05) is 0 Å². The third kappa shape index (κ3) is 5.37. The second-order valence-electron chi connectivity index (χ2n) is 4.68. The van der Waals surface area contributed by atoms with Crippen molar-refractivity contribution < 1.29 is 18.3 Å². The van der Waals surface area contributed by atoms with E-state index in [-0.39, 0.29) is 24.6 Å². The Morgan fingerprint density at radius 3 is 2.43 bits per heavy atom. The predicted molar refractivity (Wildman–Crippen MR) is 85.1 cm³/mol. The van der Waals surface area contributed by atoms with Crippen molar-refractivity contribution in [1.82, 2.24) is 5.32 Å². The van der Waals surface area contributed by atoms with Gasteiger partial charge in [-0.3, -0.25) is 4.79 Å². The van der Waals surface area contributed by atoms with Gasteiger partial charge >= 0.3 is 6.61 Å². The second-order valence-corrected chi connectivity index (χ2v) is 5.49. The molecule has 0 spiro atoms. The van der Waals surface area contributed by atoms with Crippen molar-refractivity contribution in [1.29, 1.82) is 0 Å². The maximum Gasteiger partial charge on any atom is 0.387 e. The molecule has 0 radical (unpaired) electrons. The van der Waals surface area contributed by atoms with Gasteiger partial charge in [-0.15, -0.1) is 0 Å². The zero-order chi connectivity index (χ0) is 16.8. The van der Waals surface area contributed by atoms with Crippen LogP contribution in [0.15, 0.2) is 42.5 Å². The van der Waals surface area contributed by atoms with Crippen molar-refractivity contribution in [3.63, 3.8) is 0 Å². The van der Waals surface area contributed by atoms with Gasteiger partial charge in [-0.2, -0.15) is 8.78 Å². The fourth-order valence-corrected chi connectivity index (χ4v) is 2.49. The molecule has 0 heterocycles. The molecule has 122 valence electrons. The number of hydrogen-bond acceptors (Lipinski definition) is 2. The van der Waals surface area contributed by atoms with Crippen LogP contribution in [-0.4, -0.2) is 12.5 Å². The number of nitrogens with one attached hydrogen (secondary N) is 1. The van der Waals surface area contributed by atoms with Crippen molar-refractivity contribution in [2.75, 3.05) is 0 Å².